The highest BCUT2D eigenvalue weighted by atomic mass is 32.1. The number of aromatic nitrogens is 3. The molecule has 0 aliphatic heterocycles. The minimum absolute atomic E-state index is 0.00553. The third-order valence-electron chi connectivity index (χ3n) is 3.48. The van der Waals surface area contributed by atoms with E-state index in [1.54, 1.807) is 23.8 Å². The molecule has 0 spiro atoms. The number of primary amides is 1. The van der Waals surface area contributed by atoms with Gasteiger partial charge in [0.15, 0.2) is 5.78 Å². The minimum atomic E-state index is -0.426. The second kappa shape index (κ2) is 7.18. The summed E-state index contributed by atoms with van der Waals surface area (Å²) in [6, 6.07) is 7.51. The van der Waals surface area contributed by atoms with Crippen LogP contribution in [0.25, 0.3) is 0 Å². The van der Waals surface area contributed by atoms with Gasteiger partial charge >= 0.3 is 0 Å². The van der Waals surface area contributed by atoms with Crippen LogP contribution in [-0.4, -0.2) is 26.2 Å². The van der Waals surface area contributed by atoms with Gasteiger partial charge in [0.25, 0.3) is 0 Å². The van der Waals surface area contributed by atoms with Gasteiger partial charge in [-0.2, -0.15) is 0 Å². The second-order valence-electron chi connectivity index (χ2n) is 5.35. The molecule has 3 aromatic heterocycles. The zero-order valence-corrected chi connectivity index (χ0v) is 13.7. The Morgan fingerprint density at radius 3 is 2.71 bits per heavy atom. The zero-order chi connectivity index (χ0) is 16.9. The first-order chi connectivity index (χ1) is 11.6. The fraction of sp³-hybridized carbons (Fsp3) is 0.176. The Balaban J connectivity index is 1.71. The fourth-order valence-electron chi connectivity index (χ4n) is 2.41. The summed E-state index contributed by atoms with van der Waals surface area (Å²) in [5, 5.41) is 2.46. The van der Waals surface area contributed by atoms with E-state index in [9.17, 15) is 9.59 Å². The summed E-state index contributed by atoms with van der Waals surface area (Å²) in [5.74, 6) is -0.432. The standard InChI is InChI=1S/C17H16N4O2S/c18-16(23)8-13-11-24-17(20-13)9-15(22)14-2-1-7-21(14)10-12-3-5-19-6-4-12/h1-7,11H,8-10H2,(H2,18,23). The third-order valence-corrected chi connectivity index (χ3v) is 4.38. The molecule has 0 bridgehead atoms. The first-order valence-electron chi connectivity index (χ1n) is 7.40. The molecule has 0 radical (unpaired) electrons. The van der Waals surface area contributed by atoms with Crippen molar-refractivity contribution in [2.45, 2.75) is 19.4 Å². The third kappa shape index (κ3) is 3.94. The van der Waals surface area contributed by atoms with Crippen LogP contribution in [-0.2, 0) is 24.2 Å². The predicted molar refractivity (Wildman–Crippen MR) is 90.8 cm³/mol. The van der Waals surface area contributed by atoms with E-state index >= 15 is 0 Å². The Morgan fingerprint density at radius 2 is 1.96 bits per heavy atom. The molecular weight excluding hydrogens is 324 g/mol. The zero-order valence-electron chi connectivity index (χ0n) is 12.9. The lowest BCUT2D eigenvalue weighted by Crippen LogP contribution is -2.14. The number of Topliss-reactive ketones (excluding diaryl/α,β-unsaturated/α-hetero) is 1. The number of amides is 1. The molecule has 2 N–H and O–H groups in total. The van der Waals surface area contributed by atoms with Gasteiger partial charge in [-0.15, -0.1) is 11.3 Å². The smallest absolute Gasteiger partial charge is 0.223 e. The van der Waals surface area contributed by atoms with Crippen LogP contribution in [0.2, 0.25) is 0 Å². The van der Waals surface area contributed by atoms with Crippen molar-refractivity contribution in [2.75, 3.05) is 0 Å². The molecule has 3 aromatic rings. The normalized spacial score (nSPS) is 10.7. The maximum absolute atomic E-state index is 12.6. The number of nitrogens with zero attached hydrogens (tertiary/aromatic N) is 3. The number of hydrogen-bond donors (Lipinski definition) is 1. The summed E-state index contributed by atoms with van der Waals surface area (Å²) < 4.78 is 1.91. The molecule has 0 saturated heterocycles. The highest BCUT2D eigenvalue weighted by molar-refractivity contribution is 7.09. The molecule has 0 aliphatic carbocycles. The number of carbonyl (C=O) groups excluding carboxylic acids is 2. The van der Waals surface area contributed by atoms with Crippen molar-refractivity contribution in [1.29, 1.82) is 0 Å². The van der Waals surface area contributed by atoms with E-state index in [4.69, 9.17) is 5.73 Å². The van der Waals surface area contributed by atoms with E-state index in [2.05, 4.69) is 9.97 Å². The molecule has 24 heavy (non-hydrogen) atoms. The first kappa shape index (κ1) is 16.1. The van der Waals surface area contributed by atoms with Crippen LogP contribution >= 0.6 is 11.3 Å². The van der Waals surface area contributed by atoms with E-state index in [1.807, 2.05) is 29.0 Å². The van der Waals surface area contributed by atoms with E-state index in [0.29, 0.717) is 22.9 Å². The van der Waals surface area contributed by atoms with Crippen LogP contribution < -0.4 is 5.73 Å². The van der Waals surface area contributed by atoms with Crippen LogP contribution in [0.5, 0.6) is 0 Å². The highest BCUT2D eigenvalue weighted by Crippen LogP contribution is 2.15. The van der Waals surface area contributed by atoms with Gasteiger partial charge in [-0.05, 0) is 29.8 Å². The Bertz CT molecular complexity index is 854. The largest absolute Gasteiger partial charge is 0.369 e. The first-order valence-corrected chi connectivity index (χ1v) is 8.28. The Morgan fingerprint density at radius 1 is 1.17 bits per heavy atom. The fourth-order valence-corrected chi connectivity index (χ4v) is 3.20. The maximum Gasteiger partial charge on any atom is 0.223 e. The number of hydrogen-bond acceptors (Lipinski definition) is 5. The van der Waals surface area contributed by atoms with Crippen LogP contribution in [0.1, 0.15) is 26.8 Å². The van der Waals surface area contributed by atoms with Crippen molar-refractivity contribution in [2.24, 2.45) is 5.73 Å². The van der Waals surface area contributed by atoms with Crippen molar-refractivity contribution in [3.05, 3.63) is 70.2 Å². The molecule has 3 heterocycles. The molecule has 0 atom stereocenters. The van der Waals surface area contributed by atoms with Crippen LogP contribution in [0.15, 0.2) is 48.2 Å². The van der Waals surface area contributed by atoms with Gasteiger partial charge in [0.1, 0.15) is 5.01 Å². The van der Waals surface area contributed by atoms with Crippen molar-refractivity contribution in [3.8, 4) is 0 Å². The topological polar surface area (TPSA) is 90.9 Å². The molecule has 7 heteroatoms. The van der Waals surface area contributed by atoms with E-state index < -0.39 is 5.91 Å². The van der Waals surface area contributed by atoms with Gasteiger partial charge in [0.05, 0.1) is 24.2 Å². The Kier molecular flexibility index (Phi) is 4.81. The minimum Gasteiger partial charge on any atom is -0.369 e. The maximum atomic E-state index is 12.6. The van der Waals surface area contributed by atoms with Crippen molar-refractivity contribution < 1.29 is 9.59 Å². The van der Waals surface area contributed by atoms with Gasteiger partial charge in [-0.1, -0.05) is 0 Å². The molecule has 0 unspecified atom stereocenters. The van der Waals surface area contributed by atoms with E-state index in [0.717, 1.165) is 5.56 Å². The molecule has 1 amide bonds. The Hall–Kier alpha value is -2.80. The number of nitrogens with two attached hydrogens (primary N) is 1. The lowest BCUT2D eigenvalue weighted by Gasteiger charge is -2.08. The van der Waals surface area contributed by atoms with Gasteiger partial charge < -0.3 is 10.3 Å². The van der Waals surface area contributed by atoms with Crippen LogP contribution in [0, 0.1) is 0 Å². The molecule has 0 fully saturated rings. The van der Waals surface area contributed by atoms with Gasteiger partial charge in [-0.25, -0.2) is 4.98 Å². The molecule has 122 valence electrons. The lowest BCUT2D eigenvalue weighted by molar-refractivity contribution is -0.117. The number of thiazole rings is 1. The summed E-state index contributed by atoms with van der Waals surface area (Å²) in [7, 11) is 0. The van der Waals surface area contributed by atoms with Crippen molar-refractivity contribution >= 4 is 23.0 Å². The van der Waals surface area contributed by atoms with E-state index in [-0.39, 0.29) is 18.6 Å². The second-order valence-corrected chi connectivity index (χ2v) is 6.30. The predicted octanol–water partition coefficient (Wildman–Crippen LogP) is 1.84. The number of ketones is 1. The molecule has 6 nitrogen and oxygen atoms in total. The quantitative estimate of drug-likeness (QED) is 0.664. The summed E-state index contributed by atoms with van der Waals surface area (Å²) in [6.45, 7) is 0.612. The average molecular weight is 340 g/mol. The number of rotatable bonds is 7. The monoisotopic (exact) mass is 340 g/mol. The molecule has 0 aliphatic rings. The Labute approximate surface area is 143 Å². The molecular formula is C17H16N4O2S. The van der Waals surface area contributed by atoms with Crippen LogP contribution in [0.4, 0.5) is 0 Å². The summed E-state index contributed by atoms with van der Waals surface area (Å²) in [5.41, 5.74) is 7.48. The SMILES string of the molecule is NC(=O)Cc1csc(CC(=O)c2cccn2Cc2ccncc2)n1. The van der Waals surface area contributed by atoms with Crippen molar-refractivity contribution in [3.63, 3.8) is 0 Å². The summed E-state index contributed by atoms with van der Waals surface area (Å²) in [4.78, 5) is 31.8. The number of pyridine rings is 1. The summed E-state index contributed by atoms with van der Waals surface area (Å²) >= 11 is 1.37. The summed E-state index contributed by atoms with van der Waals surface area (Å²) in [6.07, 6.45) is 5.66. The van der Waals surface area contributed by atoms with Gasteiger partial charge in [0.2, 0.25) is 5.91 Å². The molecule has 3 rings (SSSR count). The van der Waals surface area contributed by atoms with Crippen LogP contribution in [0.3, 0.4) is 0 Å². The molecule has 0 saturated carbocycles. The van der Waals surface area contributed by atoms with E-state index in [1.165, 1.54) is 11.3 Å². The average Bonchev–Trinajstić information content (AvgIpc) is 3.17. The van der Waals surface area contributed by atoms with Gasteiger partial charge in [-0.3, -0.25) is 14.6 Å². The van der Waals surface area contributed by atoms with Gasteiger partial charge in [0, 0.05) is 30.5 Å². The lowest BCUT2D eigenvalue weighted by atomic mass is 10.2. The highest BCUT2D eigenvalue weighted by Gasteiger charge is 2.14. The van der Waals surface area contributed by atoms with Crippen molar-refractivity contribution in [1.82, 2.24) is 14.5 Å². The number of carbonyl (C=O) groups is 2. The molecule has 0 aromatic carbocycles.